The van der Waals surface area contributed by atoms with Crippen LogP contribution >= 0.6 is 0 Å². The number of nitro groups is 2. The predicted molar refractivity (Wildman–Crippen MR) is 137 cm³/mol. The van der Waals surface area contributed by atoms with Crippen LogP contribution in [0.2, 0.25) is 0 Å². The van der Waals surface area contributed by atoms with E-state index >= 15 is 0 Å². The average molecular weight is 564 g/mol. The standard InChI is InChI=1S/C22H24N6O12/c1-35-13-9-11(15(27(31)32)19(39-5)17(13)37-3)21(29)25-23-7-8-24-26-22(30)12-10-14(36-2)18(38-4)20(40-6)16(12)28(33)34/h7-10H,1-6H3,(H,25,29)(H,26,30). The predicted octanol–water partition coefficient (Wildman–Crippen LogP) is 1.69. The summed E-state index contributed by atoms with van der Waals surface area (Å²) in [6.45, 7) is 0. The van der Waals surface area contributed by atoms with Crippen molar-refractivity contribution < 1.29 is 47.9 Å². The highest BCUT2D eigenvalue weighted by Crippen LogP contribution is 2.47. The van der Waals surface area contributed by atoms with Crippen molar-refractivity contribution in [3.05, 3.63) is 43.5 Å². The summed E-state index contributed by atoms with van der Waals surface area (Å²) >= 11 is 0. The first-order valence-electron chi connectivity index (χ1n) is 10.7. The number of nitro benzene ring substituents is 2. The van der Waals surface area contributed by atoms with E-state index in [1.807, 2.05) is 0 Å². The molecule has 0 aromatic heterocycles. The monoisotopic (exact) mass is 564 g/mol. The highest BCUT2D eigenvalue weighted by molar-refractivity contribution is 6.16. The molecule has 0 aliphatic heterocycles. The van der Waals surface area contributed by atoms with Crippen molar-refractivity contribution in [1.29, 1.82) is 0 Å². The fourth-order valence-electron chi connectivity index (χ4n) is 3.37. The second kappa shape index (κ2) is 13.7. The number of rotatable bonds is 13. The number of ether oxygens (including phenoxy) is 6. The number of nitrogens with one attached hydrogen (secondary N) is 2. The van der Waals surface area contributed by atoms with Crippen LogP contribution in [0.15, 0.2) is 22.3 Å². The van der Waals surface area contributed by atoms with E-state index in [4.69, 9.17) is 28.4 Å². The summed E-state index contributed by atoms with van der Waals surface area (Å²) in [5.74, 6) is -2.90. The smallest absolute Gasteiger partial charge is 0.327 e. The first kappa shape index (κ1) is 30.5. The molecular formula is C22H24N6O12. The lowest BCUT2D eigenvalue weighted by molar-refractivity contribution is -0.386. The molecule has 40 heavy (non-hydrogen) atoms. The fraction of sp³-hybridized carbons (Fsp3) is 0.273. The van der Waals surface area contributed by atoms with E-state index < -0.39 is 44.2 Å². The Labute approximate surface area is 225 Å². The molecule has 0 aliphatic rings. The van der Waals surface area contributed by atoms with Crippen LogP contribution in [-0.4, -0.2) is 76.7 Å². The van der Waals surface area contributed by atoms with Crippen molar-refractivity contribution in [1.82, 2.24) is 10.9 Å². The Morgan fingerprint density at radius 1 is 0.650 bits per heavy atom. The number of benzene rings is 2. The lowest BCUT2D eigenvalue weighted by Crippen LogP contribution is -2.21. The van der Waals surface area contributed by atoms with Gasteiger partial charge in [0.25, 0.3) is 11.8 Å². The summed E-state index contributed by atoms with van der Waals surface area (Å²) in [5, 5.41) is 30.4. The van der Waals surface area contributed by atoms with Gasteiger partial charge in [-0.15, -0.1) is 0 Å². The average Bonchev–Trinajstić information content (AvgIpc) is 2.95. The molecule has 0 unspecified atom stereocenters. The maximum absolute atomic E-state index is 12.6. The van der Waals surface area contributed by atoms with Gasteiger partial charge in [-0.2, -0.15) is 10.2 Å². The second-order valence-electron chi connectivity index (χ2n) is 7.04. The molecular weight excluding hydrogens is 540 g/mol. The minimum Gasteiger partial charge on any atom is -0.493 e. The van der Waals surface area contributed by atoms with Gasteiger partial charge < -0.3 is 28.4 Å². The third kappa shape index (κ3) is 6.23. The summed E-state index contributed by atoms with van der Waals surface area (Å²) in [5.41, 5.74) is 1.83. The molecule has 0 radical (unpaired) electrons. The zero-order valence-electron chi connectivity index (χ0n) is 22.0. The van der Waals surface area contributed by atoms with Crippen molar-refractivity contribution in [2.45, 2.75) is 0 Å². The third-order valence-corrected chi connectivity index (χ3v) is 5.01. The van der Waals surface area contributed by atoms with Gasteiger partial charge in [0, 0.05) is 12.1 Å². The normalized spacial score (nSPS) is 10.7. The molecule has 0 fully saturated rings. The van der Waals surface area contributed by atoms with E-state index in [1.54, 1.807) is 0 Å². The van der Waals surface area contributed by atoms with Gasteiger partial charge in [0.15, 0.2) is 11.5 Å². The Bertz CT molecular complexity index is 1270. The lowest BCUT2D eigenvalue weighted by atomic mass is 10.1. The Hall–Kier alpha value is -5.68. The maximum Gasteiger partial charge on any atom is 0.327 e. The maximum atomic E-state index is 12.6. The number of hydrogen-bond donors (Lipinski definition) is 2. The summed E-state index contributed by atoms with van der Waals surface area (Å²) < 4.78 is 30.5. The van der Waals surface area contributed by atoms with Crippen LogP contribution in [0.1, 0.15) is 20.7 Å². The molecule has 2 aromatic carbocycles. The highest BCUT2D eigenvalue weighted by atomic mass is 16.6. The van der Waals surface area contributed by atoms with Crippen molar-refractivity contribution in [2.24, 2.45) is 10.2 Å². The molecule has 2 amide bonds. The summed E-state index contributed by atoms with van der Waals surface area (Å²) in [4.78, 5) is 46.8. The quantitative estimate of drug-likeness (QED) is 0.201. The summed E-state index contributed by atoms with van der Waals surface area (Å²) in [6.07, 6.45) is 1.84. The fourth-order valence-corrected chi connectivity index (χ4v) is 3.37. The van der Waals surface area contributed by atoms with E-state index in [0.717, 1.165) is 38.8 Å². The lowest BCUT2D eigenvalue weighted by Gasteiger charge is -2.14. The molecule has 2 N–H and O–H groups in total. The molecule has 0 saturated heterocycles. The molecule has 0 bridgehead atoms. The van der Waals surface area contributed by atoms with E-state index in [9.17, 15) is 29.8 Å². The number of hydrazone groups is 2. The molecule has 0 atom stereocenters. The van der Waals surface area contributed by atoms with Crippen molar-refractivity contribution >= 4 is 35.6 Å². The number of carbonyl (C=O) groups is 2. The third-order valence-electron chi connectivity index (χ3n) is 5.01. The minimum atomic E-state index is -1.01. The molecule has 214 valence electrons. The van der Waals surface area contributed by atoms with Crippen molar-refractivity contribution in [3.8, 4) is 34.5 Å². The Morgan fingerprint density at radius 2 is 0.975 bits per heavy atom. The van der Waals surface area contributed by atoms with Crippen molar-refractivity contribution in [2.75, 3.05) is 42.7 Å². The molecule has 0 aliphatic carbocycles. The van der Waals surface area contributed by atoms with Gasteiger partial charge in [-0.25, -0.2) is 10.9 Å². The molecule has 2 aromatic rings. The van der Waals surface area contributed by atoms with Crippen molar-refractivity contribution in [3.63, 3.8) is 0 Å². The Morgan fingerprint density at radius 3 is 1.23 bits per heavy atom. The van der Waals surface area contributed by atoms with Gasteiger partial charge in [0.1, 0.15) is 11.1 Å². The largest absolute Gasteiger partial charge is 0.493 e. The van der Waals surface area contributed by atoms with Gasteiger partial charge in [-0.1, -0.05) is 0 Å². The summed E-state index contributed by atoms with van der Waals surface area (Å²) in [6, 6.07) is 2.14. The van der Waals surface area contributed by atoms with Gasteiger partial charge in [0.05, 0.1) is 64.9 Å². The van der Waals surface area contributed by atoms with Crippen LogP contribution in [0.5, 0.6) is 34.5 Å². The number of methoxy groups -OCH3 is 6. The van der Waals surface area contributed by atoms with E-state index in [1.165, 1.54) is 28.4 Å². The first-order valence-corrected chi connectivity index (χ1v) is 10.7. The van der Waals surface area contributed by atoms with E-state index in [2.05, 4.69) is 21.1 Å². The van der Waals surface area contributed by atoms with E-state index in [-0.39, 0.29) is 34.5 Å². The first-order chi connectivity index (χ1) is 19.1. The molecule has 18 heteroatoms. The molecule has 0 spiro atoms. The number of hydrogen-bond acceptors (Lipinski definition) is 14. The van der Waals surface area contributed by atoms with Crippen LogP contribution in [0, 0.1) is 20.2 Å². The molecule has 0 heterocycles. The molecule has 2 rings (SSSR count). The topological polar surface area (TPSA) is 225 Å². The summed E-state index contributed by atoms with van der Waals surface area (Å²) in [7, 11) is 7.32. The van der Waals surface area contributed by atoms with Crippen LogP contribution in [-0.2, 0) is 0 Å². The van der Waals surface area contributed by atoms with Crippen LogP contribution in [0.4, 0.5) is 11.4 Å². The number of carbonyl (C=O) groups excluding carboxylic acids is 2. The minimum absolute atomic E-state index is 0.00996. The SMILES string of the molecule is COc1cc(C(=O)NN=CC=NNC(=O)c2cc(OC)c(OC)c(OC)c2[N+](=O)[O-])c([N+](=O)[O-])c(OC)c1OC. The highest BCUT2D eigenvalue weighted by Gasteiger charge is 2.33. The van der Waals surface area contributed by atoms with Gasteiger partial charge in [-0.3, -0.25) is 29.8 Å². The van der Waals surface area contributed by atoms with E-state index in [0.29, 0.717) is 0 Å². The molecule has 0 saturated carbocycles. The van der Waals surface area contributed by atoms with Crippen LogP contribution < -0.4 is 39.3 Å². The Kier molecular flexibility index (Phi) is 10.5. The van der Waals surface area contributed by atoms with Gasteiger partial charge >= 0.3 is 11.4 Å². The zero-order valence-corrected chi connectivity index (χ0v) is 22.0. The number of nitrogens with zero attached hydrogens (tertiary/aromatic N) is 4. The van der Waals surface area contributed by atoms with Gasteiger partial charge in [-0.05, 0) is 0 Å². The zero-order chi connectivity index (χ0) is 30.0. The Balaban J connectivity index is 2.25. The van der Waals surface area contributed by atoms with Gasteiger partial charge in [0.2, 0.25) is 23.0 Å². The number of amides is 2. The molecule has 18 nitrogen and oxygen atoms in total. The van der Waals surface area contributed by atoms with Crippen LogP contribution in [0.25, 0.3) is 0 Å². The second-order valence-corrected chi connectivity index (χ2v) is 7.04. The van der Waals surface area contributed by atoms with Crippen LogP contribution in [0.3, 0.4) is 0 Å².